The van der Waals surface area contributed by atoms with Gasteiger partial charge in [-0.05, 0) is 32.1 Å². The summed E-state index contributed by atoms with van der Waals surface area (Å²) in [6, 6.07) is -1.26. The summed E-state index contributed by atoms with van der Waals surface area (Å²) in [5.74, 6) is -1.63. The third-order valence-corrected chi connectivity index (χ3v) is 7.21. The maximum absolute atomic E-state index is 12.4. The van der Waals surface area contributed by atoms with Gasteiger partial charge in [-0.1, -0.05) is 121 Å². The fourth-order valence-corrected chi connectivity index (χ4v) is 4.82. The molecule has 0 aromatic carbocycles. The van der Waals surface area contributed by atoms with E-state index in [1.807, 2.05) is 6.08 Å². The lowest BCUT2D eigenvalue weighted by Gasteiger charge is -2.22. The molecule has 0 aromatic rings. The number of aliphatic hydroxyl groups excluding tert-OH is 2. The molecule has 38 heavy (non-hydrogen) atoms. The van der Waals surface area contributed by atoms with Crippen molar-refractivity contribution in [1.29, 1.82) is 0 Å². The Morgan fingerprint density at radius 3 is 1.79 bits per heavy atom. The summed E-state index contributed by atoms with van der Waals surface area (Å²) in [6.45, 7) is 4.40. The average molecular weight is 558 g/mol. The van der Waals surface area contributed by atoms with Crippen molar-refractivity contribution in [2.75, 3.05) is 5.75 Å². The van der Waals surface area contributed by atoms with Gasteiger partial charge in [0.1, 0.15) is 6.10 Å². The standard InChI is InChI=1S/C30H55NO6S/c1-3-5-7-9-11-13-14-15-17-19-21-23-25-29(33)30(34)31-27(26-38(35,36)37)28(32)24-22-20-18-16-12-10-8-6-4-2/h15,17,21-24,27-29,32-33H,3-14,16,18-20,25-26H2,1-2H3,(H,31,34)(H,35,36,37)/b17-15-,23-21-,24-22+. The minimum atomic E-state index is -4.44. The molecule has 0 fully saturated rings. The highest BCUT2D eigenvalue weighted by molar-refractivity contribution is 7.85. The average Bonchev–Trinajstić information content (AvgIpc) is 2.86. The number of carbonyl (C=O) groups excluding carboxylic acids is 1. The predicted octanol–water partition coefficient (Wildman–Crippen LogP) is 6.42. The van der Waals surface area contributed by atoms with Crippen LogP contribution >= 0.6 is 0 Å². The highest BCUT2D eigenvalue weighted by Gasteiger charge is 2.27. The van der Waals surface area contributed by atoms with Crippen LogP contribution in [0.3, 0.4) is 0 Å². The van der Waals surface area contributed by atoms with Crippen LogP contribution in [0.4, 0.5) is 0 Å². The molecule has 0 bridgehead atoms. The Labute approximate surface area is 232 Å². The van der Waals surface area contributed by atoms with Crippen LogP contribution < -0.4 is 5.32 Å². The van der Waals surface area contributed by atoms with E-state index in [4.69, 9.17) is 0 Å². The summed E-state index contributed by atoms with van der Waals surface area (Å²) in [7, 11) is -4.44. The number of rotatable bonds is 25. The fraction of sp³-hybridized carbons (Fsp3) is 0.767. The summed E-state index contributed by atoms with van der Waals surface area (Å²) < 4.78 is 32.1. The van der Waals surface area contributed by atoms with Crippen LogP contribution in [-0.4, -0.2) is 53.1 Å². The molecule has 4 N–H and O–H groups in total. The number of unbranched alkanes of at least 4 members (excludes halogenated alkanes) is 13. The molecule has 0 aliphatic carbocycles. The minimum Gasteiger partial charge on any atom is -0.387 e. The van der Waals surface area contributed by atoms with Gasteiger partial charge in [0.05, 0.1) is 17.9 Å². The van der Waals surface area contributed by atoms with E-state index in [9.17, 15) is 28.0 Å². The number of aliphatic hydroxyl groups is 2. The lowest BCUT2D eigenvalue weighted by atomic mass is 10.1. The quantitative estimate of drug-likeness (QED) is 0.0583. The molecule has 0 radical (unpaired) electrons. The van der Waals surface area contributed by atoms with E-state index in [2.05, 4.69) is 31.3 Å². The summed E-state index contributed by atoms with van der Waals surface area (Å²) >= 11 is 0. The van der Waals surface area contributed by atoms with Gasteiger partial charge in [-0.15, -0.1) is 0 Å². The number of carbonyl (C=O) groups is 1. The van der Waals surface area contributed by atoms with Gasteiger partial charge in [-0.3, -0.25) is 9.35 Å². The Morgan fingerprint density at radius 2 is 1.24 bits per heavy atom. The van der Waals surface area contributed by atoms with E-state index in [1.54, 1.807) is 12.2 Å². The lowest BCUT2D eigenvalue weighted by molar-refractivity contribution is -0.130. The number of hydrogen-bond donors (Lipinski definition) is 4. The zero-order valence-electron chi connectivity index (χ0n) is 23.9. The topological polar surface area (TPSA) is 124 Å². The number of amides is 1. The van der Waals surface area contributed by atoms with E-state index >= 15 is 0 Å². The molecule has 0 aliphatic heterocycles. The molecule has 0 rings (SSSR count). The van der Waals surface area contributed by atoms with Crippen molar-refractivity contribution < 1.29 is 28.0 Å². The monoisotopic (exact) mass is 557 g/mol. The number of nitrogens with one attached hydrogen (secondary N) is 1. The molecule has 1 amide bonds. The number of hydrogen-bond acceptors (Lipinski definition) is 5. The SMILES string of the molecule is CCCCCCCC/C=C\C/C=C\CC(O)C(=O)NC(CS(=O)(=O)O)C(O)/C=C/CCCCCCCCC. The molecule has 0 aliphatic rings. The Hall–Kier alpha value is -1.48. The molecule has 3 unspecified atom stereocenters. The molecular formula is C30H55NO6S. The lowest BCUT2D eigenvalue weighted by Crippen LogP contribution is -2.50. The van der Waals surface area contributed by atoms with Gasteiger partial charge < -0.3 is 15.5 Å². The number of allylic oxidation sites excluding steroid dienone is 4. The Bertz CT molecular complexity index is 763. The van der Waals surface area contributed by atoms with Crippen LogP contribution in [0.1, 0.15) is 123 Å². The molecule has 0 saturated heterocycles. The molecule has 0 saturated carbocycles. The molecular weight excluding hydrogens is 502 g/mol. The van der Waals surface area contributed by atoms with Gasteiger partial charge in [0, 0.05) is 6.42 Å². The van der Waals surface area contributed by atoms with Gasteiger partial charge in [-0.25, -0.2) is 0 Å². The van der Waals surface area contributed by atoms with Crippen molar-refractivity contribution >= 4 is 16.0 Å². The molecule has 8 heteroatoms. The molecule has 0 spiro atoms. The summed E-state index contributed by atoms with van der Waals surface area (Å²) in [6.07, 6.45) is 26.6. The van der Waals surface area contributed by atoms with E-state index in [1.165, 1.54) is 76.7 Å². The minimum absolute atomic E-state index is 0.0693. The first-order chi connectivity index (χ1) is 18.2. The van der Waals surface area contributed by atoms with E-state index < -0.39 is 40.0 Å². The van der Waals surface area contributed by atoms with E-state index in [-0.39, 0.29) is 6.42 Å². The Morgan fingerprint density at radius 1 is 0.737 bits per heavy atom. The smallest absolute Gasteiger partial charge is 0.267 e. The normalized spacial score (nSPS) is 15.0. The molecule has 7 nitrogen and oxygen atoms in total. The largest absolute Gasteiger partial charge is 0.387 e. The van der Waals surface area contributed by atoms with Gasteiger partial charge >= 0.3 is 0 Å². The third-order valence-electron chi connectivity index (χ3n) is 6.43. The first kappa shape index (κ1) is 36.5. The first-order valence-corrected chi connectivity index (χ1v) is 16.4. The fourth-order valence-electron chi connectivity index (χ4n) is 4.08. The second-order valence-corrected chi connectivity index (χ2v) is 11.7. The van der Waals surface area contributed by atoms with Gasteiger partial charge in [0.2, 0.25) is 5.91 Å². The maximum Gasteiger partial charge on any atom is 0.267 e. The van der Waals surface area contributed by atoms with Crippen molar-refractivity contribution in [2.45, 2.75) is 141 Å². The van der Waals surface area contributed by atoms with Crippen LogP contribution in [0.15, 0.2) is 36.5 Å². The highest BCUT2D eigenvalue weighted by atomic mass is 32.2. The van der Waals surface area contributed by atoms with E-state index in [0.29, 0.717) is 6.42 Å². The first-order valence-electron chi connectivity index (χ1n) is 14.8. The van der Waals surface area contributed by atoms with Gasteiger partial charge in [0.25, 0.3) is 10.1 Å². The van der Waals surface area contributed by atoms with Crippen molar-refractivity contribution in [2.24, 2.45) is 0 Å². The van der Waals surface area contributed by atoms with Crippen LogP contribution in [0, 0.1) is 0 Å². The van der Waals surface area contributed by atoms with Crippen molar-refractivity contribution in [3.63, 3.8) is 0 Å². The van der Waals surface area contributed by atoms with Crippen LogP contribution in [-0.2, 0) is 14.9 Å². The Balaban J connectivity index is 4.41. The molecule has 222 valence electrons. The second kappa shape index (κ2) is 24.6. The van der Waals surface area contributed by atoms with Gasteiger partial charge in [-0.2, -0.15) is 8.42 Å². The zero-order valence-corrected chi connectivity index (χ0v) is 24.7. The molecule has 0 heterocycles. The predicted molar refractivity (Wildman–Crippen MR) is 158 cm³/mol. The van der Waals surface area contributed by atoms with E-state index in [0.717, 1.165) is 25.7 Å². The van der Waals surface area contributed by atoms with Crippen LogP contribution in [0.25, 0.3) is 0 Å². The van der Waals surface area contributed by atoms with Crippen molar-refractivity contribution in [1.82, 2.24) is 5.32 Å². The van der Waals surface area contributed by atoms with Gasteiger partial charge in [0.15, 0.2) is 0 Å². The highest BCUT2D eigenvalue weighted by Crippen LogP contribution is 2.10. The molecule has 3 atom stereocenters. The maximum atomic E-state index is 12.4. The molecule has 0 aromatic heterocycles. The van der Waals surface area contributed by atoms with Crippen molar-refractivity contribution in [3.8, 4) is 0 Å². The van der Waals surface area contributed by atoms with Crippen LogP contribution in [0.2, 0.25) is 0 Å². The third kappa shape index (κ3) is 23.6. The summed E-state index contributed by atoms with van der Waals surface area (Å²) in [5, 5.41) is 22.9. The van der Waals surface area contributed by atoms with Crippen molar-refractivity contribution in [3.05, 3.63) is 36.5 Å². The summed E-state index contributed by atoms with van der Waals surface area (Å²) in [4.78, 5) is 12.4. The zero-order chi connectivity index (χ0) is 28.5. The second-order valence-electron chi connectivity index (χ2n) is 10.2. The van der Waals surface area contributed by atoms with Crippen LogP contribution in [0.5, 0.6) is 0 Å². The summed E-state index contributed by atoms with van der Waals surface area (Å²) in [5.41, 5.74) is 0. The Kier molecular flexibility index (Phi) is 23.6.